The predicted octanol–water partition coefficient (Wildman–Crippen LogP) is 2.80. The topological polar surface area (TPSA) is 38.5 Å². The lowest BCUT2D eigenvalue weighted by Gasteiger charge is -2.32. The van der Waals surface area contributed by atoms with Gasteiger partial charge in [0.15, 0.2) is 0 Å². The number of hydrogen-bond donors (Lipinski definition) is 1. The number of halogens is 3. The zero-order valence-corrected chi connectivity index (χ0v) is 11.9. The molecule has 2 rings (SSSR count). The van der Waals surface area contributed by atoms with Crippen molar-refractivity contribution < 1.29 is 17.9 Å². The summed E-state index contributed by atoms with van der Waals surface area (Å²) in [5.41, 5.74) is 6.55. The molecule has 1 saturated heterocycles. The lowest BCUT2D eigenvalue weighted by molar-refractivity contribution is -0.185. The van der Waals surface area contributed by atoms with Crippen LogP contribution in [0.4, 0.5) is 13.2 Å². The Balaban J connectivity index is 1.68. The van der Waals surface area contributed by atoms with Crippen LogP contribution in [0, 0.1) is 5.92 Å². The molecule has 0 unspecified atom stereocenters. The monoisotopic (exact) mass is 302 g/mol. The van der Waals surface area contributed by atoms with E-state index in [-0.39, 0.29) is 12.8 Å². The molecular formula is C15H21F3N2O. The largest absolute Gasteiger partial charge is 0.492 e. The molecule has 0 aliphatic carbocycles. The van der Waals surface area contributed by atoms with Crippen molar-refractivity contribution in [3.8, 4) is 5.75 Å². The van der Waals surface area contributed by atoms with Crippen LogP contribution in [-0.4, -0.2) is 37.3 Å². The molecule has 0 amide bonds. The zero-order chi connectivity index (χ0) is 15.3. The molecule has 0 aromatic heterocycles. The van der Waals surface area contributed by atoms with Gasteiger partial charge in [0, 0.05) is 13.1 Å². The zero-order valence-electron chi connectivity index (χ0n) is 11.9. The molecule has 0 saturated carbocycles. The van der Waals surface area contributed by atoms with Crippen LogP contribution in [0.5, 0.6) is 5.75 Å². The SMILES string of the molecule is NCc1ccc(OCCN2CCC(C(F)(F)F)CC2)cc1. The molecule has 1 aliphatic rings. The first kappa shape index (κ1) is 16.1. The van der Waals surface area contributed by atoms with Crippen LogP contribution in [-0.2, 0) is 6.54 Å². The van der Waals surface area contributed by atoms with Crippen molar-refractivity contribution in [2.45, 2.75) is 25.6 Å². The summed E-state index contributed by atoms with van der Waals surface area (Å²) in [5.74, 6) is -0.379. The molecule has 0 radical (unpaired) electrons. The molecule has 0 spiro atoms. The van der Waals surface area contributed by atoms with Gasteiger partial charge >= 0.3 is 6.18 Å². The molecule has 6 heteroatoms. The van der Waals surface area contributed by atoms with Crippen molar-refractivity contribution in [2.24, 2.45) is 11.7 Å². The Morgan fingerprint density at radius 1 is 1.14 bits per heavy atom. The van der Waals surface area contributed by atoms with Crippen LogP contribution in [0.2, 0.25) is 0 Å². The van der Waals surface area contributed by atoms with Gasteiger partial charge in [-0.25, -0.2) is 0 Å². The van der Waals surface area contributed by atoms with E-state index in [1.54, 1.807) is 0 Å². The Kier molecular flexibility index (Phi) is 5.47. The van der Waals surface area contributed by atoms with Gasteiger partial charge in [-0.1, -0.05) is 12.1 Å². The second kappa shape index (κ2) is 7.13. The van der Waals surface area contributed by atoms with Gasteiger partial charge in [0.1, 0.15) is 12.4 Å². The summed E-state index contributed by atoms with van der Waals surface area (Å²) in [4.78, 5) is 2.02. The van der Waals surface area contributed by atoms with E-state index >= 15 is 0 Å². The van der Waals surface area contributed by atoms with E-state index in [0.717, 1.165) is 11.3 Å². The summed E-state index contributed by atoms with van der Waals surface area (Å²) < 4.78 is 43.3. The third kappa shape index (κ3) is 4.89. The summed E-state index contributed by atoms with van der Waals surface area (Å²) in [6, 6.07) is 7.53. The average molecular weight is 302 g/mol. The number of piperidine rings is 1. The van der Waals surface area contributed by atoms with Gasteiger partial charge in [-0.05, 0) is 43.6 Å². The minimum Gasteiger partial charge on any atom is -0.492 e. The second-order valence-electron chi connectivity index (χ2n) is 5.35. The molecule has 1 aliphatic heterocycles. The number of ether oxygens (including phenoxy) is 1. The first-order valence-corrected chi connectivity index (χ1v) is 7.20. The van der Waals surface area contributed by atoms with Crippen molar-refractivity contribution in [1.82, 2.24) is 4.90 Å². The second-order valence-corrected chi connectivity index (χ2v) is 5.35. The van der Waals surface area contributed by atoms with Crippen LogP contribution in [0.1, 0.15) is 18.4 Å². The lowest BCUT2D eigenvalue weighted by atomic mass is 9.96. The van der Waals surface area contributed by atoms with E-state index in [0.29, 0.717) is 32.8 Å². The first-order valence-electron chi connectivity index (χ1n) is 7.20. The molecule has 1 heterocycles. The highest BCUT2D eigenvalue weighted by atomic mass is 19.4. The lowest BCUT2D eigenvalue weighted by Crippen LogP contribution is -2.40. The molecule has 1 fully saturated rings. The van der Waals surface area contributed by atoms with Gasteiger partial charge in [-0.3, -0.25) is 4.90 Å². The van der Waals surface area contributed by atoms with Crippen molar-refractivity contribution in [3.05, 3.63) is 29.8 Å². The summed E-state index contributed by atoms with van der Waals surface area (Å²) in [6.45, 7) is 2.61. The van der Waals surface area contributed by atoms with Gasteiger partial charge in [0.25, 0.3) is 0 Å². The quantitative estimate of drug-likeness (QED) is 0.909. The van der Waals surface area contributed by atoms with Gasteiger partial charge in [0.05, 0.1) is 5.92 Å². The van der Waals surface area contributed by atoms with Gasteiger partial charge < -0.3 is 10.5 Å². The molecule has 3 nitrogen and oxygen atoms in total. The molecule has 0 atom stereocenters. The number of nitrogens with zero attached hydrogens (tertiary/aromatic N) is 1. The summed E-state index contributed by atoms with van der Waals surface area (Å²) in [5, 5.41) is 0. The van der Waals surface area contributed by atoms with E-state index in [2.05, 4.69) is 0 Å². The van der Waals surface area contributed by atoms with E-state index in [4.69, 9.17) is 10.5 Å². The maximum atomic E-state index is 12.6. The maximum Gasteiger partial charge on any atom is 0.391 e. The molecular weight excluding hydrogens is 281 g/mol. The van der Waals surface area contributed by atoms with Gasteiger partial charge in [-0.2, -0.15) is 13.2 Å². The predicted molar refractivity (Wildman–Crippen MR) is 75.0 cm³/mol. The fraction of sp³-hybridized carbons (Fsp3) is 0.600. The molecule has 21 heavy (non-hydrogen) atoms. The highest BCUT2D eigenvalue weighted by Crippen LogP contribution is 2.33. The van der Waals surface area contributed by atoms with Gasteiger partial charge in [0.2, 0.25) is 0 Å². The Hall–Kier alpha value is -1.27. The smallest absolute Gasteiger partial charge is 0.391 e. The van der Waals surface area contributed by atoms with Crippen LogP contribution < -0.4 is 10.5 Å². The molecule has 118 valence electrons. The van der Waals surface area contributed by atoms with Gasteiger partial charge in [-0.15, -0.1) is 0 Å². The molecule has 0 bridgehead atoms. The summed E-state index contributed by atoms with van der Waals surface area (Å²) in [6.07, 6.45) is -3.67. The number of hydrogen-bond acceptors (Lipinski definition) is 3. The third-order valence-electron chi connectivity index (χ3n) is 3.89. The minimum atomic E-state index is -4.05. The highest BCUT2D eigenvalue weighted by molar-refractivity contribution is 5.27. The van der Waals surface area contributed by atoms with E-state index in [9.17, 15) is 13.2 Å². The normalized spacial score (nSPS) is 17.9. The Morgan fingerprint density at radius 3 is 2.29 bits per heavy atom. The molecule has 2 N–H and O–H groups in total. The number of benzene rings is 1. The van der Waals surface area contributed by atoms with Crippen molar-refractivity contribution in [1.29, 1.82) is 0 Å². The van der Waals surface area contributed by atoms with Crippen LogP contribution in [0.3, 0.4) is 0 Å². The standard InChI is InChI=1S/C15H21F3N2O/c16-15(17,18)13-5-7-20(8-6-13)9-10-21-14-3-1-12(11-19)2-4-14/h1-4,13H,5-11,19H2. The number of nitrogens with two attached hydrogens (primary N) is 1. The summed E-state index contributed by atoms with van der Waals surface area (Å²) >= 11 is 0. The van der Waals surface area contributed by atoms with E-state index in [1.165, 1.54) is 0 Å². The summed E-state index contributed by atoms with van der Waals surface area (Å²) in [7, 11) is 0. The van der Waals surface area contributed by atoms with Crippen LogP contribution in [0.15, 0.2) is 24.3 Å². The highest BCUT2D eigenvalue weighted by Gasteiger charge is 2.40. The van der Waals surface area contributed by atoms with Crippen molar-refractivity contribution in [3.63, 3.8) is 0 Å². The fourth-order valence-electron chi connectivity index (χ4n) is 2.50. The number of likely N-dealkylation sites (tertiary alicyclic amines) is 1. The Bertz CT molecular complexity index is 426. The minimum absolute atomic E-state index is 0.189. The van der Waals surface area contributed by atoms with Crippen LogP contribution in [0.25, 0.3) is 0 Å². The third-order valence-corrected chi connectivity index (χ3v) is 3.89. The Labute approximate surface area is 122 Å². The van der Waals surface area contributed by atoms with Crippen molar-refractivity contribution in [2.75, 3.05) is 26.2 Å². The Morgan fingerprint density at radius 2 is 1.76 bits per heavy atom. The van der Waals surface area contributed by atoms with Crippen LogP contribution >= 0.6 is 0 Å². The number of rotatable bonds is 5. The fourth-order valence-corrected chi connectivity index (χ4v) is 2.50. The van der Waals surface area contributed by atoms with Crippen molar-refractivity contribution >= 4 is 0 Å². The maximum absolute atomic E-state index is 12.6. The first-order chi connectivity index (χ1) is 9.99. The molecule has 1 aromatic carbocycles. The molecule has 1 aromatic rings. The number of alkyl halides is 3. The van der Waals surface area contributed by atoms with E-state index in [1.807, 2.05) is 29.2 Å². The van der Waals surface area contributed by atoms with E-state index < -0.39 is 12.1 Å². The average Bonchev–Trinajstić information content (AvgIpc) is 2.47.